The van der Waals surface area contributed by atoms with Crippen molar-refractivity contribution in [3.8, 4) is 11.5 Å². The zero-order valence-corrected chi connectivity index (χ0v) is 17.9. The molecule has 1 fully saturated rings. The number of hydrogen-bond donors (Lipinski definition) is 0. The average Bonchev–Trinajstić information content (AvgIpc) is 3.02. The van der Waals surface area contributed by atoms with E-state index in [-0.39, 0.29) is 5.91 Å². The number of ether oxygens (including phenoxy) is 2. The van der Waals surface area contributed by atoms with Gasteiger partial charge in [-0.2, -0.15) is 0 Å². The molecule has 152 valence electrons. The summed E-state index contributed by atoms with van der Waals surface area (Å²) in [4.78, 5) is 19.3. The van der Waals surface area contributed by atoms with Crippen molar-refractivity contribution < 1.29 is 14.3 Å². The fraction of sp³-hybridized carbons (Fsp3) is 0.304. The molecule has 1 saturated heterocycles. The van der Waals surface area contributed by atoms with E-state index in [1.807, 2.05) is 75.4 Å². The minimum Gasteiger partial charge on any atom is -0.490 e. The molecule has 29 heavy (non-hydrogen) atoms. The van der Waals surface area contributed by atoms with Gasteiger partial charge in [-0.3, -0.25) is 14.7 Å². The van der Waals surface area contributed by atoms with E-state index in [1.165, 1.54) is 17.3 Å². The Morgan fingerprint density at radius 3 is 2.10 bits per heavy atom. The van der Waals surface area contributed by atoms with Gasteiger partial charge in [-0.15, -0.1) is 0 Å². The summed E-state index contributed by atoms with van der Waals surface area (Å²) in [7, 11) is 0. The van der Waals surface area contributed by atoms with E-state index < -0.39 is 0 Å². The minimum atomic E-state index is 0.0123. The molecule has 0 radical (unpaired) electrons. The Morgan fingerprint density at radius 1 is 0.966 bits per heavy atom. The molecule has 1 amide bonds. The van der Waals surface area contributed by atoms with Crippen molar-refractivity contribution in [2.24, 2.45) is 4.99 Å². The molecule has 0 spiro atoms. The van der Waals surface area contributed by atoms with Gasteiger partial charge in [-0.1, -0.05) is 29.8 Å². The number of carbonyl (C=O) groups is 1. The van der Waals surface area contributed by atoms with Crippen molar-refractivity contribution in [2.75, 3.05) is 26.3 Å². The number of nitrogens with zero attached hydrogens (tertiary/aromatic N) is 2. The van der Waals surface area contributed by atoms with Gasteiger partial charge in [0, 0.05) is 13.1 Å². The molecule has 2 aromatic rings. The van der Waals surface area contributed by atoms with Crippen LogP contribution in [0.5, 0.6) is 11.5 Å². The van der Waals surface area contributed by atoms with Gasteiger partial charge < -0.3 is 9.47 Å². The van der Waals surface area contributed by atoms with Crippen LogP contribution >= 0.6 is 11.8 Å². The molecule has 6 heteroatoms. The number of amidine groups is 1. The van der Waals surface area contributed by atoms with Crippen LogP contribution in [0.25, 0.3) is 6.08 Å². The van der Waals surface area contributed by atoms with Crippen LogP contribution in [0.2, 0.25) is 0 Å². The van der Waals surface area contributed by atoms with Gasteiger partial charge in [-0.05, 0) is 68.4 Å². The van der Waals surface area contributed by atoms with Gasteiger partial charge in [0.15, 0.2) is 5.17 Å². The fourth-order valence-corrected chi connectivity index (χ4v) is 3.91. The lowest BCUT2D eigenvalue weighted by atomic mass is 10.2. The van der Waals surface area contributed by atoms with Crippen LogP contribution in [0.15, 0.2) is 58.4 Å². The number of carbonyl (C=O) groups excluding carboxylic acids is 1. The maximum Gasteiger partial charge on any atom is 0.266 e. The Hall–Kier alpha value is -2.73. The first kappa shape index (κ1) is 21.0. The van der Waals surface area contributed by atoms with Crippen molar-refractivity contribution in [3.05, 3.63) is 64.6 Å². The second kappa shape index (κ2) is 10.2. The van der Waals surface area contributed by atoms with E-state index in [4.69, 9.17) is 9.47 Å². The van der Waals surface area contributed by atoms with Gasteiger partial charge in [0.1, 0.15) is 24.7 Å². The topological polar surface area (TPSA) is 51.1 Å². The average molecular weight is 411 g/mol. The quantitative estimate of drug-likeness (QED) is 0.465. The molecule has 1 aliphatic rings. The van der Waals surface area contributed by atoms with Crippen LogP contribution in [0, 0.1) is 6.92 Å². The summed E-state index contributed by atoms with van der Waals surface area (Å²) in [5.74, 6) is 1.62. The lowest BCUT2D eigenvalue weighted by molar-refractivity contribution is -0.122. The smallest absolute Gasteiger partial charge is 0.266 e. The second-order valence-electron chi connectivity index (χ2n) is 6.50. The molecular formula is C23H26N2O3S. The fourth-order valence-electron chi connectivity index (χ4n) is 2.81. The summed E-state index contributed by atoms with van der Waals surface area (Å²) >= 11 is 1.43. The van der Waals surface area contributed by atoms with Crippen molar-refractivity contribution in [2.45, 2.75) is 20.8 Å². The van der Waals surface area contributed by atoms with Crippen LogP contribution in [-0.4, -0.2) is 42.3 Å². The first-order valence-electron chi connectivity index (χ1n) is 9.79. The number of amides is 1. The molecule has 0 atom stereocenters. The van der Waals surface area contributed by atoms with Gasteiger partial charge >= 0.3 is 0 Å². The van der Waals surface area contributed by atoms with E-state index in [1.54, 1.807) is 4.90 Å². The number of rotatable bonds is 8. The molecule has 0 saturated carbocycles. The molecule has 0 aliphatic carbocycles. The molecule has 0 bridgehead atoms. The summed E-state index contributed by atoms with van der Waals surface area (Å²) in [6.45, 7) is 8.21. The number of thioether (sulfide) groups is 1. The third-order valence-electron chi connectivity index (χ3n) is 4.32. The zero-order chi connectivity index (χ0) is 20.6. The maximum absolute atomic E-state index is 12.5. The molecular weight excluding hydrogens is 384 g/mol. The van der Waals surface area contributed by atoms with Crippen LogP contribution < -0.4 is 9.47 Å². The molecule has 2 aromatic carbocycles. The normalized spacial score (nSPS) is 16.7. The molecule has 0 N–H and O–H groups in total. The van der Waals surface area contributed by atoms with E-state index in [0.29, 0.717) is 31.2 Å². The molecule has 1 heterocycles. The molecule has 0 aromatic heterocycles. The predicted molar refractivity (Wildman–Crippen MR) is 120 cm³/mol. The maximum atomic E-state index is 12.5. The minimum absolute atomic E-state index is 0.0123. The highest BCUT2D eigenvalue weighted by Crippen LogP contribution is 2.32. The summed E-state index contributed by atoms with van der Waals surface area (Å²) in [5.41, 5.74) is 2.16. The largest absolute Gasteiger partial charge is 0.490 e. The number of aryl methyl sites for hydroxylation is 1. The van der Waals surface area contributed by atoms with Crippen LogP contribution in [-0.2, 0) is 4.79 Å². The van der Waals surface area contributed by atoms with Gasteiger partial charge in [0.25, 0.3) is 5.91 Å². The van der Waals surface area contributed by atoms with Crippen molar-refractivity contribution in [1.29, 1.82) is 0 Å². The number of aliphatic imine (C=N–C) groups is 1. The Labute approximate surface area is 176 Å². The van der Waals surface area contributed by atoms with Crippen molar-refractivity contribution in [1.82, 2.24) is 4.90 Å². The zero-order valence-electron chi connectivity index (χ0n) is 17.1. The lowest BCUT2D eigenvalue weighted by Gasteiger charge is -2.11. The molecule has 5 nitrogen and oxygen atoms in total. The second-order valence-corrected chi connectivity index (χ2v) is 7.51. The van der Waals surface area contributed by atoms with Crippen molar-refractivity contribution in [3.63, 3.8) is 0 Å². The van der Waals surface area contributed by atoms with E-state index in [2.05, 4.69) is 4.99 Å². The van der Waals surface area contributed by atoms with Crippen molar-refractivity contribution >= 4 is 28.9 Å². The number of likely N-dealkylation sites (N-methyl/N-ethyl adjacent to an activating group) is 1. The third kappa shape index (κ3) is 5.64. The van der Waals surface area contributed by atoms with E-state index in [0.717, 1.165) is 22.2 Å². The number of benzene rings is 2. The lowest BCUT2D eigenvalue weighted by Crippen LogP contribution is -2.28. The highest BCUT2D eigenvalue weighted by molar-refractivity contribution is 8.18. The third-order valence-corrected chi connectivity index (χ3v) is 5.36. The van der Waals surface area contributed by atoms with Gasteiger partial charge in [-0.25, -0.2) is 0 Å². The van der Waals surface area contributed by atoms with E-state index in [9.17, 15) is 4.79 Å². The standard InChI is InChI=1S/C23H26N2O3S/c1-4-24-23-25(5-2)22(26)21(29-23)16-18-8-12-20(13-9-18)28-15-14-27-19-10-6-17(3)7-11-19/h6-13,16H,4-5,14-15H2,1-3H3/b21-16+,24-23?. The highest BCUT2D eigenvalue weighted by Gasteiger charge is 2.31. The van der Waals surface area contributed by atoms with Crippen LogP contribution in [0.1, 0.15) is 25.0 Å². The van der Waals surface area contributed by atoms with Gasteiger partial charge in [0.2, 0.25) is 0 Å². The summed E-state index contributed by atoms with van der Waals surface area (Å²) in [6, 6.07) is 15.7. The van der Waals surface area contributed by atoms with Gasteiger partial charge in [0.05, 0.1) is 4.91 Å². The first-order chi connectivity index (χ1) is 14.1. The molecule has 1 aliphatic heterocycles. The summed E-state index contributed by atoms with van der Waals surface area (Å²) in [5, 5.41) is 0.778. The first-order valence-corrected chi connectivity index (χ1v) is 10.6. The van der Waals surface area contributed by atoms with Crippen LogP contribution in [0.4, 0.5) is 0 Å². The molecule has 0 unspecified atom stereocenters. The Balaban J connectivity index is 1.53. The molecule has 3 rings (SSSR count). The van der Waals surface area contributed by atoms with E-state index >= 15 is 0 Å². The Bertz CT molecular complexity index is 889. The van der Waals surface area contributed by atoms with Crippen LogP contribution in [0.3, 0.4) is 0 Å². The Morgan fingerprint density at radius 2 is 1.55 bits per heavy atom. The SMILES string of the molecule is CCN=C1S/C(=C/c2ccc(OCCOc3ccc(C)cc3)cc2)C(=O)N1CC. The Kier molecular flexibility index (Phi) is 7.36. The predicted octanol–water partition coefficient (Wildman–Crippen LogP) is 4.76. The number of hydrogen-bond acceptors (Lipinski definition) is 5. The summed E-state index contributed by atoms with van der Waals surface area (Å²) in [6.07, 6.45) is 1.90. The summed E-state index contributed by atoms with van der Waals surface area (Å²) < 4.78 is 11.4. The highest BCUT2D eigenvalue weighted by atomic mass is 32.2. The monoisotopic (exact) mass is 410 g/mol.